The first-order valence-electron chi connectivity index (χ1n) is 5.37. The predicted molar refractivity (Wildman–Crippen MR) is 60.6 cm³/mol. The molecule has 0 radical (unpaired) electrons. The van der Waals surface area contributed by atoms with Gasteiger partial charge in [0.05, 0.1) is 12.1 Å². The van der Waals surface area contributed by atoms with Gasteiger partial charge in [0, 0.05) is 18.4 Å². The third kappa shape index (κ3) is 2.70. The molecule has 2 aromatic rings. The number of hydrogen-bond donors (Lipinski definition) is 1. The van der Waals surface area contributed by atoms with Gasteiger partial charge in [-0.2, -0.15) is 18.3 Å². The first-order valence-corrected chi connectivity index (χ1v) is 5.37. The lowest BCUT2D eigenvalue weighted by Gasteiger charge is -2.18. The van der Waals surface area contributed by atoms with Crippen molar-refractivity contribution in [1.82, 2.24) is 9.78 Å². The lowest BCUT2D eigenvalue weighted by Crippen LogP contribution is -2.22. The van der Waals surface area contributed by atoms with Gasteiger partial charge in [-0.1, -0.05) is 18.2 Å². The minimum Gasteiger partial charge on any atom is -0.322 e. The maximum atomic E-state index is 12.8. The van der Waals surface area contributed by atoms with E-state index in [0.717, 1.165) is 6.07 Å². The van der Waals surface area contributed by atoms with Crippen LogP contribution >= 0.6 is 0 Å². The van der Waals surface area contributed by atoms with Gasteiger partial charge in [0.2, 0.25) is 0 Å². The first-order chi connectivity index (χ1) is 8.48. The van der Waals surface area contributed by atoms with Crippen molar-refractivity contribution >= 4 is 0 Å². The minimum absolute atomic E-state index is 0.0838. The smallest absolute Gasteiger partial charge is 0.322 e. The summed E-state index contributed by atoms with van der Waals surface area (Å²) >= 11 is 0. The normalized spacial score (nSPS) is 13.6. The van der Waals surface area contributed by atoms with Crippen molar-refractivity contribution < 1.29 is 13.2 Å². The molecule has 1 aromatic carbocycles. The van der Waals surface area contributed by atoms with Crippen molar-refractivity contribution in [1.29, 1.82) is 0 Å². The van der Waals surface area contributed by atoms with Crippen LogP contribution in [0.25, 0.3) is 0 Å². The zero-order chi connectivity index (χ0) is 13.2. The second-order valence-electron chi connectivity index (χ2n) is 3.92. The third-order valence-corrected chi connectivity index (χ3v) is 2.61. The van der Waals surface area contributed by atoms with Gasteiger partial charge in [0.25, 0.3) is 0 Å². The molecule has 2 rings (SSSR count). The van der Waals surface area contributed by atoms with E-state index in [4.69, 9.17) is 5.73 Å². The Balaban J connectivity index is 2.27. The molecular weight excluding hydrogens is 243 g/mol. The molecule has 0 aliphatic rings. The molecule has 0 saturated carbocycles. The van der Waals surface area contributed by atoms with Crippen LogP contribution in [0.15, 0.2) is 42.7 Å². The van der Waals surface area contributed by atoms with Crippen LogP contribution in [0.1, 0.15) is 17.2 Å². The molecule has 6 heteroatoms. The number of halogens is 3. The van der Waals surface area contributed by atoms with Gasteiger partial charge in [-0.15, -0.1) is 0 Å². The molecule has 1 unspecified atom stereocenters. The number of benzene rings is 1. The van der Waals surface area contributed by atoms with E-state index >= 15 is 0 Å². The fourth-order valence-electron chi connectivity index (χ4n) is 1.79. The van der Waals surface area contributed by atoms with Gasteiger partial charge in [0.15, 0.2) is 0 Å². The predicted octanol–water partition coefficient (Wildman–Crippen LogP) is 2.60. The van der Waals surface area contributed by atoms with Gasteiger partial charge in [-0.05, 0) is 17.7 Å². The molecule has 0 saturated heterocycles. The summed E-state index contributed by atoms with van der Waals surface area (Å²) in [6.45, 7) is 0.208. The largest absolute Gasteiger partial charge is 0.416 e. The number of hydrogen-bond acceptors (Lipinski definition) is 2. The average Bonchev–Trinajstić information content (AvgIpc) is 2.80. The zero-order valence-electron chi connectivity index (χ0n) is 9.43. The molecular formula is C12H12F3N3. The topological polar surface area (TPSA) is 43.8 Å². The number of nitrogens with zero attached hydrogens (tertiary/aromatic N) is 2. The molecule has 0 bridgehead atoms. The van der Waals surface area contributed by atoms with Gasteiger partial charge in [-0.3, -0.25) is 4.68 Å². The highest BCUT2D eigenvalue weighted by Crippen LogP contribution is 2.34. The van der Waals surface area contributed by atoms with E-state index in [1.165, 1.54) is 16.8 Å². The van der Waals surface area contributed by atoms with Crippen LogP contribution in [0.2, 0.25) is 0 Å². The molecule has 1 heterocycles. The van der Waals surface area contributed by atoms with Crippen LogP contribution in [0.3, 0.4) is 0 Å². The van der Waals surface area contributed by atoms with Crippen molar-refractivity contribution in [3.63, 3.8) is 0 Å². The molecule has 0 amide bonds. The maximum Gasteiger partial charge on any atom is 0.416 e. The van der Waals surface area contributed by atoms with Crippen molar-refractivity contribution in [3.8, 4) is 0 Å². The Labute approximate surface area is 102 Å². The van der Waals surface area contributed by atoms with Crippen LogP contribution in [-0.4, -0.2) is 9.78 Å². The summed E-state index contributed by atoms with van der Waals surface area (Å²) in [7, 11) is 0. The van der Waals surface area contributed by atoms with Gasteiger partial charge >= 0.3 is 6.18 Å². The van der Waals surface area contributed by atoms with Crippen LogP contribution in [0.5, 0.6) is 0 Å². The van der Waals surface area contributed by atoms with Crippen molar-refractivity contribution in [2.24, 2.45) is 5.73 Å². The van der Waals surface area contributed by atoms with Crippen LogP contribution in [0, 0.1) is 0 Å². The lowest BCUT2D eigenvalue weighted by atomic mass is 10.0. The summed E-state index contributed by atoms with van der Waals surface area (Å²) in [5, 5.41) is 3.93. The van der Waals surface area contributed by atoms with E-state index in [1.54, 1.807) is 24.5 Å². The molecule has 96 valence electrons. The van der Waals surface area contributed by atoms with Gasteiger partial charge in [-0.25, -0.2) is 0 Å². The number of nitrogens with two attached hydrogens (primary N) is 1. The monoisotopic (exact) mass is 255 g/mol. The third-order valence-electron chi connectivity index (χ3n) is 2.61. The fraction of sp³-hybridized carbons (Fsp3) is 0.250. The Kier molecular flexibility index (Phi) is 3.38. The summed E-state index contributed by atoms with van der Waals surface area (Å²) in [6.07, 6.45) is -1.17. The van der Waals surface area contributed by atoms with E-state index in [-0.39, 0.29) is 12.1 Å². The van der Waals surface area contributed by atoms with Crippen molar-refractivity contribution in [2.45, 2.75) is 18.8 Å². The summed E-state index contributed by atoms with van der Waals surface area (Å²) in [4.78, 5) is 0. The molecule has 3 nitrogen and oxygen atoms in total. The van der Waals surface area contributed by atoms with Crippen LogP contribution in [0.4, 0.5) is 13.2 Å². The minimum atomic E-state index is -4.39. The second-order valence-corrected chi connectivity index (χ2v) is 3.92. The molecule has 0 aliphatic heterocycles. The standard InChI is InChI=1S/C12H12F3N3/c13-12(14,15)10-5-2-1-4-9(10)11(16)8-18-7-3-6-17-18/h1-7,11H,8,16H2. The van der Waals surface area contributed by atoms with E-state index in [1.807, 2.05) is 0 Å². The molecule has 0 spiro atoms. The Bertz CT molecular complexity index is 506. The summed E-state index contributed by atoms with van der Waals surface area (Å²) < 4.78 is 39.9. The average molecular weight is 255 g/mol. The van der Waals surface area contributed by atoms with E-state index in [2.05, 4.69) is 5.10 Å². The number of aromatic nitrogens is 2. The highest BCUT2D eigenvalue weighted by Gasteiger charge is 2.34. The molecule has 18 heavy (non-hydrogen) atoms. The Morgan fingerprint density at radius 3 is 2.56 bits per heavy atom. The molecule has 1 atom stereocenters. The number of rotatable bonds is 3. The fourth-order valence-corrected chi connectivity index (χ4v) is 1.79. The van der Waals surface area contributed by atoms with Crippen molar-refractivity contribution in [2.75, 3.05) is 0 Å². The van der Waals surface area contributed by atoms with Gasteiger partial charge in [0.1, 0.15) is 0 Å². The Morgan fingerprint density at radius 2 is 1.94 bits per heavy atom. The summed E-state index contributed by atoms with van der Waals surface area (Å²) in [6, 6.07) is 6.29. The van der Waals surface area contributed by atoms with E-state index in [0.29, 0.717) is 0 Å². The molecule has 0 aliphatic carbocycles. The first kappa shape index (κ1) is 12.6. The number of alkyl halides is 3. The van der Waals surface area contributed by atoms with Crippen molar-refractivity contribution in [3.05, 3.63) is 53.9 Å². The molecule has 0 fully saturated rings. The summed E-state index contributed by atoms with van der Waals surface area (Å²) in [5.74, 6) is 0. The molecule has 2 N–H and O–H groups in total. The summed E-state index contributed by atoms with van der Waals surface area (Å²) in [5.41, 5.74) is 5.22. The van der Waals surface area contributed by atoms with E-state index < -0.39 is 17.8 Å². The molecule has 1 aromatic heterocycles. The Hall–Kier alpha value is -1.82. The highest BCUT2D eigenvalue weighted by molar-refractivity contribution is 5.32. The lowest BCUT2D eigenvalue weighted by molar-refractivity contribution is -0.138. The highest BCUT2D eigenvalue weighted by atomic mass is 19.4. The quantitative estimate of drug-likeness (QED) is 0.916. The zero-order valence-corrected chi connectivity index (χ0v) is 9.43. The van der Waals surface area contributed by atoms with Crippen LogP contribution < -0.4 is 5.73 Å². The second kappa shape index (κ2) is 4.81. The Morgan fingerprint density at radius 1 is 1.22 bits per heavy atom. The maximum absolute atomic E-state index is 12.8. The SMILES string of the molecule is NC(Cn1cccn1)c1ccccc1C(F)(F)F. The van der Waals surface area contributed by atoms with Crippen LogP contribution in [-0.2, 0) is 12.7 Å². The van der Waals surface area contributed by atoms with E-state index in [9.17, 15) is 13.2 Å². The van der Waals surface area contributed by atoms with Gasteiger partial charge < -0.3 is 5.73 Å².